The molecule has 5 heteroatoms. The molecule has 0 bridgehead atoms. The van der Waals surface area contributed by atoms with Crippen LogP contribution in [0, 0.1) is 5.92 Å². The number of aliphatic hydroxyl groups excluding tert-OH is 1. The quantitative estimate of drug-likeness (QED) is 0.598. The van der Waals surface area contributed by atoms with E-state index in [1.54, 1.807) is 6.07 Å². The standard InChI is InChI=1S/C18H18N2O3/c21-11-12-8-9-14(10-12)19-17(22)18(23)20-16-7-3-5-13-4-1-2-6-15(13)16/h1-9,12,14,21H,10-11H2,(H,19,22)(H,20,23)/t12-,14+/m0/s1. The predicted octanol–water partition coefficient (Wildman–Crippen LogP) is 1.83. The Bertz CT molecular complexity index is 764. The van der Waals surface area contributed by atoms with Crippen molar-refractivity contribution in [3.8, 4) is 0 Å². The van der Waals surface area contributed by atoms with Crippen molar-refractivity contribution in [3.05, 3.63) is 54.6 Å². The van der Waals surface area contributed by atoms with E-state index in [0.29, 0.717) is 12.1 Å². The summed E-state index contributed by atoms with van der Waals surface area (Å²) in [5.41, 5.74) is 0.610. The number of carbonyl (C=O) groups excluding carboxylic acids is 2. The third-order valence-corrected chi connectivity index (χ3v) is 3.97. The van der Waals surface area contributed by atoms with Crippen LogP contribution in [0.4, 0.5) is 5.69 Å². The first-order valence-electron chi connectivity index (χ1n) is 7.56. The number of hydrogen-bond acceptors (Lipinski definition) is 3. The fourth-order valence-electron chi connectivity index (χ4n) is 2.76. The van der Waals surface area contributed by atoms with Gasteiger partial charge in [-0.25, -0.2) is 0 Å². The summed E-state index contributed by atoms with van der Waals surface area (Å²) in [6.07, 6.45) is 4.28. The minimum Gasteiger partial charge on any atom is -0.396 e. The van der Waals surface area contributed by atoms with Gasteiger partial charge in [-0.3, -0.25) is 9.59 Å². The lowest BCUT2D eigenvalue weighted by Gasteiger charge is -2.13. The number of benzene rings is 2. The average molecular weight is 310 g/mol. The molecule has 3 N–H and O–H groups in total. The topological polar surface area (TPSA) is 78.4 Å². The molecule has 0 aromatic heterocycles. The molecule has 2 atom stereocenters. The molecule has 2 amide bonds. The molecule has 0 unspecified atom stereocenters. The highest BCUT2D eigenvalue weighted by Crippen LogP contribution is 2.23. The number of fused-ring (bicyclic) bond motifs is 1. The number of hydrogen-bond donors (Lipinski definition) is 3. The van der Waals surface area contributed by atoms with Crippen molar-refractivity contribution >= 4 is 28.3 Å². The van der Waals surface area contributed by atoms with Gasteiger partial charge in [0.05, 0.1) is 0 Å². The number of carbonyl (C=O) groups is 2. The summed E-state index contributed by atoms with van der Waals surface area (Å²) in [6, 6.07) is 13.0. The first kappa shape index (κ1) is 15.2. The van der Waals surface area contributed by atoms with Gasteiger partial charge in [-0.1, -0.05) is 48.6 Å². The lowest BCUT2D eigenvalue weighted by atomic mass is 10.1. The van der Waals surface area contributed by atoms with Crippen LogP contribution in [0.5, 0.6) is 0 Å². The molecule has 1 aliphatic rings. The minimum absolute atomic E-state index is 0.0430. The van der Waals surface area contributed by atoms with Crippen molar-refractivity contribution in [2.75, 3.05) is 11.9 Å². The van der Waals surface area contributed by atoms with E-state index in [1.165, 1.54) is 0 Å². The van der Waals surface area contributed by atoms with Gasteiger partial charge in [0.25, 0.3) is 0 Å². The second-order valence-corrected chi connectivity index (χ2v) is 5.62. The fourth-order valence-corrected chi connectivity index (χ4v) is 2.76. The van der Waals surface area contributed by atoms with Crippen molar-refractivity contribution in [2.24, 2.45) is 5.92 Å². The molecule has 0 spiro atoms. The normalized spacial score (nSPS) is 19.7. The highest BCUT2D eigenvalue weighted by Gasteiger charge is 2.23. The van der Waals surface area contributed by atoms with E-state index in [2.05, 4.69) is 10.6 Å². The van der Waals surface area contributed by atoms with Gasteiger partial charge in [0.2, 0.25) is 0 Å². The van der Waals surface area contributed by atoms with E-state index in [0.717, 1.165) is 10.8 Å². The number of rotatable bonds is 3. The van der Waals surface area contributed by atoms with Gasteiger partial charge < -0.3 is 15.7 Å². The lowest BCUT2D eigenvalue weighted by Crippen LogP contribution is -2.40. The second kappa shape index (κ2) is 6.62. The van der Waals surface area contributed by atoms with Gasteiger partial charge in [-0.2, -0.15) is 0 Å². The van der Waals surface area contributed by atoms with Crippen LogP contribution in [-0.4, -0.2) is 29.6 Å². The van der Waals surface area contributed by atoms with Gasteiger partial charge in [0, 0.05) is 29.6 Å². The molecular formula is C18H18N2O3. The molecule has 0 radical (unpaired) electrons. The second-order valence-electron chi connectivity index (χ2n) is 5.62. The van der Waals surface area contributed by atoms with Crippen LogP contribution in [0.3, 0.4) is 0 Å². The van der Waals surface area contributed by atoms with Gasteiger partial charge >= 0.3 is 11.8 Å². The van der Waals surface area contributed by atoms with Crippen molar-refractivity contribution in [1.29, 1.82) is 0 Å². The fraction of sp³-hybridized carbons (Fsp3) is 0.222. The molecule has 118 valence electrons. The predicted molar refractivity (Wildman–Crippen MR) is 88.8 cm³/mol. The van der Waals surface area contributed by atoms with E-state index >= 15 is 0 Å². The molecule has 3 rings (SSSR count). The van der Waals surface area contributed by atoms with Gasteiger partial charge in [-0.15, -0.1) is 0 Å². The lowest BCUT2D eigenvalue weighted by molar-refractivity contribution is -0.136. The average Bonchev–Trinajstić information content (AvgIpc) is 3.02. The summed E-state index contributed by atoms with van der Waals surface area (Å²) in [4.78, 5) is 24.1. The minimum atomic E-state index is -0.692. The number of amides is 2. The Balaban J connectivity index is 1.66. The smallest absolute Gasteiger partial charge is 0.313 e. The van der Waals surface area contributed by atoms with Crippen LogP contribution in [0.15, 0.2) is 54.6 Å². The molecule has 0 saturated heterocycles. The van der Waals surface area contributed by atoms with Crippen LogP contribution in [0.2, 0.25) is 0 Å². The Morgan fingerprint density at radius 2 is 1.83 bits per heavy atom. The van der Waals surface area contributed by atoms with Crippen LogP contribution in [0.25, 0.3) is 10.8 Å². The summed E-state index contributed by atoms with van der Waals surface area (Å²) in [7, 11) is 0. The highest BCUT2D eigenvalue weighted by molar-refractivity contribution is 6.40. The maximum Gasteiger partial charge on any atom is 0.313 e. The van der Waals surface area contributed by atoms with Gasteiger partial charge in [0.15, 0.2) is 0 Å². The summed E-state index contributed by atoms with van der Waals surface area (Å²) >= 11 is 0. The first-order valence-corrected chi connectivity index (χ1v) is 7.56. The monoisotopic (exact) mass is 310 g/mol. The van der Waals surface area contributed by atoms with Crippen molar-refractivity contribution in [3.63, 3.8) is 0 Å². The Morgan fingerprint density at radius 1 is 1.04 bits per heavy atom. The Morgan fingerprint density at radius 3 is 2.61 bits per heavy atom. The highest BCUT2D eigenvalue weighted by atomic mass is 16.3. The van der Waals surface area contributed by atoms with Crippen LogP contribution in [0.1, 0.15) is 6.42 Å². The van der Waals surface area contributed by atoms with E-state index in [1.807, 2.05) is 48.6 Å². The summed E-state index contributed by atoms with van der Waals surface area (Å²) < 4.78 is 0. The Hall–Kier alpha value is -2.66. The number of anilines is 1. The zero-order chi connectivity index (χ0) is 16.2. The third kappa shape index (κ3) is 3.40. The number of aliphatic hydroxyl groups is 1. The van der Waals surface area contributed by atoms with Crippen LogP contribution < -0.4 is 10.6 Å². The molecule has 23 heavy (non-hydrogen) atoms. The summed E-state index contributed by atoms with van der Waals surface area (Å²) in [6.45, 7) is 0.0467. The van der Waals surface area contributed by atoms with E-state index in [9.17, 15) is 9.59 Å². The molecule has 0 saturated carbocycles. The van der Waals surface area contributed by atoms with E-state index < -0.39 is 11.8 Å². The summed E-state index contributed by atoms with van der Waals surface area (Å²) in [5, 5.41) is 16.3. The van der Waals surface area contributed by atoms with E-state index in [4.69, 9.17) is 5.11 Å². The van der Waals surface area contributed by atoms with Crippen LogP contribution >= 0.6 is 0 Å². The first-order chi connectivity index (χ1) is 11.2. The van der Waals surface area contributed by atoms with Crippen molar-refractivity contribution < 1.29 is 14.7 Å². The number of nitrogens with one attached hydrogen (secondary N) is 2. The SMILES string of the molecule is O=C(Nc1cccc2ccccc12)C(=O)N[C@@H]1C=C[C@H](CO)C1. The molecular weight excluding hydrogens is 292 g/mol. The van der Waals surface area contributed by atoms with Crippen molar-refractivity contribution in [2.45, 2.75) is 12.5 Å². The summed E-state index contributed by atoms with van der Waals surface area (Å²) in [5.74, 6) is -1.32. The molecule has 2 aromatic carbocycles. The molecule has 1 aliphatic carbocycles. The van der Waals surface area contributed by atoms with E-state index in [-0.39, 0.29) is 18.6 Å². The maximum atomic E-state index is 12.1. The third-order valence-electron chi connectivity index (χ3n) is 3.97. The Labute approximate surface area is 134 Å². The van der Waals surface area contributed by atoms with Gasteiger partial charge in [-0.05, 0) is 17.9 Å². The van der Waals surface area contributed by atoms with Gasteiger partial charge in [0.1, 0.15) is 0 Å². The largest absolute Gasteiger partial charge is 0.396 e. The molecule has 2 aromatic rings. The zero-order valence-electron chi connectivity index (χ0n) is 12.5. The zero-order valence-corrected chi connectivity index (χ0v) is 12.5. The molecule has 5 nitrogen and oxygen atoms in total. The molecule has 0 fully saturated rings. The maximum absolute atomic E-state index is 12.1. The molecule has 0 heterocycles. The molecule has 0 aliphatic heterocycles. The van der Waals surface area contributed by atoms with Crippen molar-refractivity contribution in [1.82, 2.24) is 5.32 Å². The Kier molecular flexibility index (Phi) is 4.39. The van der Waals surface area contributed by atoms with Crippen LogP contribution in [-0.2, 0) is 9.59 Å².